The predicted octanol–water partition coefficient (Wildman–Crippen LogP) is 4.88. The molecule has 0 fully saturated rings. The van der Waals surface area contributed by atoms with Gasteiger partial charge in [-0.3, -0.25) is 9.59 Å². The van der Waals surface area contributed by atoms with Crippen LogP contribution in [0.2, 0.25) is 0 Å². The van der Waals surface area contributed by atoms with Crippen LogP contribution in [-0.4, -0.2) is 35.4 Å². The van der Waals surface area contributed by atoms with Crippen molar-refractivity contribution in [3.63, 3.8) is 0 Å². The fraction of sp³-hybridized carbons (Fsp3) is 0.462. The van der Waals surface area contributed by atoms with E-state index in [2.05, 4.69) is 5.32 Å². The second-order valence-corrected chi connectivity index (χ2v) is 8.01. The Morgan fingerprint density at radius 1 is 1.00 bits per heavy atom. The van der Waals surface area contributed by atoms with Gasteiger partial charge in [-0.2, -0.15) is 0 Å². The fourth-order valence-electron chi connectivity index (χ4n) is 3.33. The molecule has 1 N–H and O–H groups in total. The zero-order valence-electron chi connectivity index (χ0n) is 19.3. The molecule has 0 aliphatic rings. The van der Waals surface area contributed by atoms with Crippen molar-refractivity contribution in [2.75, 3.05) is 6.61 Å². The Kier molecular flexibility index (Phi) is 10.1. The number of amides is 2. The lowest BCUT2D eigenvalue weighted by Crippen LogP contribution is -2.50. The number of rotatable bonds is 12. The van der Waals surface area contributed by atoms with Crippen LogP contribution in [0.3, 0.4) is 0 Å². The molecule has 0 spiro atoms. The molecular weight excluding hydrogens is 388 g/mol. The van der Waals surface area contributed by atoms with E-state index in [1.165, 1.54) is 5.56 Å². The number of aryl methyl sites for hydroxylation is 1. The van der Waals surface area contributed by atoms with Crippen LogP contribution in [-0.2, 0) is 16.1 Å². The number of ether oxygens (including phenoxy) is 1. The van der Waals surface area contributed by atoms with Crippen LogP contribution < -0.4 is 10.1 Å². The summed E-state index contributed by atoms with van der Waals surface area (Å²) in [6, 6.07) is 17.3. The second kappa shape index (κ2) is 12.8. The third-order valence-corrected chi connectivity index (χ3v) is 5.41. The largest absolute Gasteiger partial charge is 0.494 e. The summed E-state index contributed by atoms with van der Waals surface area (Å²) in [6.07, 6.45) is 2.36. The molecule has 2 aromatic rings. The normalized spacial score (nSPS) is 12.6. The number of hydrogen-bond donors (Lipinski definition) is 1. The van der Waals surface area contributed by atoms with Gasteiger partial charge in [0.15, 0.2) is 0 Å². The van der Waals surface area contributed by atoms with Crippen molar-refractivity contribution >= 4 is 11.8 Å². The molecule has 168 valence electrons. The summed E-state index contributed by atoms with van der Waals surface area (Å²) in [5.74, 6) is 0.693. The number of carbonyl (C=O) groups is 2. The first-order chi connectivity index (χ1) is 14.9. The lowest BCUT2D eigenvalue weighted by atomic mass is 10.1. The molecule has 0 aliphatic carbocycles. The van der Waals surface area contributed by atoms with Crippen molar-refractivity contribution < 1.29 is 14.3 Å². The van der Waals surface area contributed by atoms with Crippen LogP contribution in [0, 0.1) is 6.92 Å². The first-order valence-corrected chi connectivity index (χ1v) is 11.3. The van der Waals surface area contributed by atoms with Crippen LogP contribution >= 0.6 is 0 Å². The zero-order valence-corrected chi connectivity index (χ0v) is 19.3. The molecule has 2 amide bonds. The van der Waals surface area contributed by atoms with Gasteiger partial charge in [0, 0.05) is 19.0 Å². The van der Waals surface area contributed by atoms with Gasteiger partial charge in [0.05, 0.1) is 6.61 Å². The molecule has 2 aromatic carbocycles. The summed E-state index contributed by atoms with van der Waals surface area (Å²) in [4.78, 5) is 27.8. The molecule has 0 radical (unpaired) electrons. The summed E-state index contributed by atoms with van der Waals surface area (Å²) in [7, 11) is 0. The van der Waals surface area contributed by atoms with Crippen LogP contribution in [0.15, 0.2) is 54.6 Å². The molecule has 0 saturated carbocycles. The van der Waals surface area contributed by atoms with E-state index >= 15 is 0 Å². The van der Waals surface area contributed by atoms with Gasteiger partial charge in [-0.05, 0) is 50.8 Å². The van der Waals surface area contributed by atoms with E-state index in [0.29, 0.717) is 32.4 Å². The predicted molar refractivity (Wildman–Crippen MR) is 125 cm³/mol. The van der Waals surface area contributed by atoms with Gasteiger partial charge >= 0.3 is 0 Å². The Bertz CT molecular complexity index is 805. The summed E-state index contributed by atoms with van der Waals surface area (Å²) in [6.45, 7) is 8.88. The fourth-order valence-corrected chi connectivity index (χ4v) is 3.33. The van der Waals surface area contributed by atoms with Gasteiger partial charge in [0.25, 0.3) is 0 Å². The topological polar surface area (TPSA) is 58.6 Å². The highest BCUT2D eigenvalue weighted by atomic mass is 16.5. The van der Waals surface area contributed by atoms with Crippen LogP contribution in [0.5, 0.6) is 5.75 Å². The van der Waals surface area contributed by atoms with Crippen molar-refractivity contribution in [3.05, 3.63) is 65.7 Å². The van der Waals surface area contributed by atoms with Crippen LogP contribution in [0.25, 0.3) is 0 Å². The summed E-state index contributed by atoms with van der Waals surface area (Å²) >= 11 is 0. The molecule has 31 heavy (non-hydrogen) atoms. The summed E-state index contributed by atoms with van der Waals surface area (Å²) in [5.41, 5.74) is 2.20. The van der Waals surface area contributed by atoms with Crippen LogP contribution in [0.1, 0.15) is 57.6 Å². The second-order valence-electron chi connectivity index (χ2n) is 8.01. The third-order valence-electron chi connectivity index (χ3n) is 5.41. The molecule has 5 nitrogen and oxygen atoms in total. The van der Waals surface area contributed by atoms with Crippen molar-refractivity contribution in [1.82, 2.24) is 10.2 Å². The minimum absolute atomic E-state index is 0.0255. The maximum atomic E-state index is 13.2. The highest BCUT2D eigenvalue weighted by Gasteiger charge is 2.28. The van der Waals surface area contributed by atoms with E-state index in [1.54, 1.807) is 4.90 Å². The Morgan fingerprint density at radius 3 is 2.29 bits per heavy atom. The first kappa shape index (κ1) is 24.4. The highest BCUT2D eigenvalue weighted by molar-refractivity contribution is 5.87. The molecule has 2 atom stereocenters. The minimum Gasteiger partial charge on any atom is -0.494 e. The quantitative estimate of drug-likeness (QED) is 0.494. The number of nitrogens with one attached hydrogen (secondary N) is 1. The van der Waals surface area contributed by atoms with Gasteiger partial charge in [0.1, 0.15) is 11.8 Å². The zero-order chi connectivity index (χ0) is 22.6. The lowest BCUT2D eigenvalue weighted by Gasteiger charge is -2.31. The average molecular weight is 425 g/mol. The van der Waals surface area contributed by atoms with Crippen molar-refractivity contribution in [3.8, 4) is 5.75 Å². The molecule has 0 unspecified atom stereocenters. The van der Waals surface area contributed by atoms with Gasteiger partial charge in [-0.15, -0.1) is 0 Å². The van der Waals surface area contributed by atoms with Gasteiger partial charge in [-0.25, -0.2) is 0 Å². The Balaban J connectivity index is 2.02. The molecule has 0 aromatic heterocycles. The van der Waals surface area contributed by atoms with E-state index in [1.807, 2.05) is 82.3 Å². The Morgan fingerprint density at radius 2 is 1.68 bits per heavy atom. The van der Waals surface area contributed by atoms with Crippen LogP contribution in [0.4, 0.5) is 0 Å². The molecule has 2 rings (SSSR count). The summed E-state index contributed by atoms with van der Waals surface area (Å²) in [5, 5.41) is 3.04. The van der Waals surface area contributed by atoms with E-state index < -0.39 is 6.04 Å². The molecule has 0 aliphatic heterocycles. The summed E-state index contributed by atoms with van der Waals surface area (Å²) < 4.78 is 5.76. The van der Waals surface area contributed by atoms with Crippen molar-refractivity contribution in [2.45, 2.75) is 72.0 Å². The highest BCUT2D eigenvalue weighted by Crippen LogP contribution is 2.16. The average Bonchev–Trinajstić information content (AvgIpc) is 2.78. The standard InChI is InChI=1S/C26H36N2O3/c1-5-21(4)27-26(30)24(6-2)28(19-22-11-8-7-9-12-22)25(29)13-10-18-31-23-16-14-20(3)15-17-23/h7-9,11-12,14-17,21,24H,5-6,10,13,18-19H2,1-4H3,(H,27,30)/t21-,24+/m0/s1. The molecule has 0 saturated heterocycles. The maximum absolute atomic E-state index is 13.2. The van der Waals surface area contributed by atoms with Gasteiger partial charge in [-0.1, -0.05) is 61.9 Å². The SMILES string of the molecule is CC[C@H](C(=O)N[C@@H](C)CC)N(Cc1ccccc1)C(=O)CCCOc1ccc(C)cc1. The Hall–Kier alpha value is -2.82. The lowest BCUT2D eigenvalue weighted by molar-refractivity contribution is -0.141. The number of carbonyl (C=O) groups excluding carboxylic acids is 2. The maximum Gasteiger partial charge on any atom is 0.243 e. The van der Waals surface area contributed by atoms with E-state index in [0.717, 1.165) is 17.7 Å². The minimum atomic E-state index is -0.486. The van der Waals surface area contributed by atoms with E-state index in [-0.39, 0.29) is 17.9 Å². The van der Waals surface area contributed by atoms with E-state index in [4.69, 9.17) is 4.74 Å². The molecular formula is C26H36N2O3. The first-order valence-electron chi connectivity index (χ1n) is 11.3. The van der Waals surface area contributed by atoms with Crippen molar-refractivity contribution in [2.24, 2.45) is 0 Å². The smallest absolute Gasteiger partial charge is 0.243 e. The third kappa shape index (κ3) is 8.08. The molecule has 0 bridgehead atoms. The van der Waals surface area contributed by atoms with Gasteiger partial charge < -0.3 is 15.0 Å². The van der Waals surface area contributed by atoms with Gasteiger partial charge in [0.2, 0.25) is 11.8 Å². The monoisotopic (exact) mass is 424 g/mol. The molecule has 5 heteroatoms. The number of hydrogen-bond acceptors (Lipinski definition) is 3. The van der Waals surface area contributed by atoms with Crippen molar-refractivity contribution in [1.29, 1.82) is 0 Å². The number of benzene rings is 2. The molecule has 0 heterocycles. The number of nitrogens with zero attached hydrogens (tertiary/aromatic N) is 1. The Labute approximate surface area is 186 Å². The van der Waals surface area contributed by atoms with E-state index in [9.17, 15) is 9.59 Å².